The number of nitrogens with one attached hydrogen (secondary N) is 1. The molecule has 4 heteroatoms. The maximum absolute atomic E-state index is 5.41. The summed E-state index contributed by atoms with van der Waals surface area (Å²) >= 11 is 0. The Morgan fingerprint density at radius 3 is 3.00 bits per heavy atom. The van der Waals surface area contributed by atoms with Gasteiger partial charge in [-0.05, 0) is 36.6 Å². The van der Waals surface area contributed by atoms with Crippen LogP contribution in [0.1, 0.15) is 12.0 Å². The van der Waals surface area contributed by atoms with Gasteiger partial charge in [0.1, 0.15) is 5.75 Å². The number of likely N-dealkylation sites (tertiary alicyclic amines) is 1. The third-order valence-corrected chi connectivity index (χ3v) is 4.23. The monoisotopic (exact) mass is 274 g/mol. The fraction of sp³-hybridized carbons (Fsp3) is 0.500. The molecule has 1 fully saturated rings. The number of aromatic amines is 1. The van der Waals surface area contributed by atoms with Gasteiger partial charge >= 0.3 is 0 Å². The van der Waals surface area contributed by atoms with E-state index in [1.54, 1.807) is 14.2 Å². The molecule has 0 bridgehead atoms. The highest BCUT2D eigenvalue weighted by molar-refractivity contribution is 5.84. The first-order valence-corrected chi connectivity index (χ1v) is 7.19. The highest BCUT2D eigenvalue weighted by Crippen LogP contribution is 2.24. The zero-order valence-electron chi connectivity index (χ0n) is 12.2. The van der Waals surface area contributed by atoms with E-state index in [4.69, 9.17) is 9.47 Å². The molecule has 1 aromatic heterocycles. The van der Waals surface area contributed by atoms with Gasteiger partial charge in [-0.2, -0.15) is 0 Å². The van der Waals surface area contributed by atoms with Crippen LogP contribution in [-0.2, 0) is 11.2 Å². The van der Waals surface area contributed by atoms with Gasteiger partial charge in [-0.25, -0.2) is 0 Å². The highest BCUT2D eigenvalue weighted by atomic mass is 16.5. The third-order valence-electron chi connectivity index (χ3n) is 4.23. The molecule has 0 amide bonds. The minimum atomic E-state index is 0.415. The number of benzene rings is 1. The van der Waals surface area contributed by atoms with E-state index in [1.807, 2.05) is 6.07 Å². The lowest BCUT2D eigenvalue weighted by Gasteiger charge is -2.15. The molecule has 1 aromatic carbocycles. The van der Waals surface area contributed by atoms with Crippen molar-refractivity contribution in [1.29, 1.82) is 0 Å². The number of rotatable bonds is 5. The van der Waals surface area contributed by atoms with Crippen molar-refractivity contribution in [3.8, 4) is 5.75 Å². The Morgan fingerprint density at radius 2 is 2.25 bits per heavy atom. The quantitative estimate of drug-likeness (QED) is 0.910. The molecule has 0 saturated carbocycles. The van der Waals surface area contributed by atoms with Crippen molar-refractivity contribution in [1.82, 2.24) is 9.88 Å². The van der Waals surface area contributed by atoms with Crippen LogP contribution in [0, 0.1) is 0 Å². The molecule has 0 spiro atoms. The molecule has 1 aliphatic heterocycles. The number of nitrogens with zero attached hydrogens (tertiary/aromatic N) is 1. The average Bonchev–Trinajstić information content (AvgIpc) is 3.11. The number of fused-ring (bicyclic) bond motifs is 1. The van der Waals surface area contributed by atoms with E-state index in [-0.39, 0.29) is 0 Å². The topological polar surface area (TPSA) is 37.5 Å². The maximum Gasteiger partial charge on any atom is 0.119 e. The zero-order valence-corrected chi connectivity index (χ0v) is 12.2. The molecule has 0 unspecified atom stereocenters. The van der Waals surface area contributed by atoms with Crippen LogP contribution in [0.4, 0.5) is 0 Å². The molecule has 108 valence electrons. The molecule has 4 nitrogen and oxygen atoms in total. The van der Waals surface area contributed by atoms with Gasteiger partial charge in [-0.15, -0.1) is 0 Å². The summed E-state index contributed by atoms with van der Waals surface area (Å²) in [5, 5.41) is 1.27. The second-order valence-electron chi connectivity index (χ2n) is 5.42. The molecule has 2 aromatic rings. The van der Waals surface area contributed by atoms with E-state index < -0.39 is 0 Å². The molecule has 0 aliphatic carbocycles. The summed E-state index contributed by atoms with van der Waals surface area (Å²) in [5.74, 6) is 0.916. The summed E-state index contributed by atoms with van der Waals surface area (Å²) in [4.78, 5) is 5.82. The number of hydrogen-bond donors (Lipinski definition) is 1. The molecule has 0 radical (unpaired) electrons. The van der Waals surface area contributed by atoms with Gasteiger partial charge in [0, 0.05) is 43.8 Å². The molecule has 1 aliphatic rings. The number of H-pyrrole nitrogens is 1. The number of ether oxygens (including phenoxy) is 2. The minimum absolute atomic E-state index is 0.415. The van der Waals surface area contributed by atoms with Gasteiger partial charge in [0.05, 0.1) is 13.2 Å². The van der Waals surface area contributed by atoms with Crippen LogP contribution in [0.3, 0.4) is 0 Å². The van der Waals surface area contributed by atoms with Gasteiger partial charge in [-0.1, -0.05) is 0 Å². The van der Waals surface area contributed by atoms with Gasteiger partial charge in [0.15, 0.2) is 0 Å². The zero-order chi connectivity index (χ0) is 13.9. The Kier molecular flexibility index (Phi) is 3.94. The summed E-state index contributed by atoms with van der Waals surface area (Å²) in [7, 11) is 3.52. The lowest BCUT2D eigenvalue weighted by Crippen LogP contribution is -2.25. The largest absolute Gasteiger partial charge is 0.497 e. The van der Waals surface area contributed by atoms with Crippen molar-refractivity contribution in [3.05, 3.63) is 30.0 Å². The van der Waals surface area contributed by atoms with Gasteiger partial charge in [0.25, 0.3) is 0 Å². The normalized spacial score (nSPS) is 19.8. The molecule has 1 atom stereocenters. The molecule has 1 saturated heterocycles. The van der Waals surface area contributed by atoms with E-state index in [1.165, 1.54) is 16.5 Å². The second-order valence-corrected chi connectivity index (χ2v) is 5.42. The van der Waals surface area contributed by atoms with Crippen LogP contribution >= 0.6 is 0 Å². The number of hydrogen-bond acceptors (Lipinski definition) is 3. The number of methoxy groups -OCH3 is 2. The Balaban J connectivity index is 1.68. The van der Waals surface area contributed by atoms with Crippen LogP contribution in [-0.4, -0.2) is 49.8 Å². The first kappa shape index (κ1) is 13.5. The van der Waals surface area contributed by atoms with E-state index in [2.05, 4.69) is 28.2 Å². The van der Waals surface area contributed by atoms with E-state index >= 15 is 0 Å². The summed E-state index contributed by atoms with van der Waals surface area (Å²) in [6, 6.07) is 6.18. The van der Waals surface area contributed by atoms with Crippen LogP contribution < -0.4 is 4.74 Å². The van der Waals surface area contributed by atoms with Crippen molar-refractivity contribution in [2.45, 2.75) is 18.9 Å². The third kappa shape index (κ3) is 2.67. The van der Waals surface area contributed by atoms with Crippen LogP contribution in [0.2, 0.25) is 0 Å². The molecule has 20 heavy (non-hydrogen) atoms. The maximum atomic E-state index is 5.41. The Morgan fingerprint density at radius 1 is 1.35 bits per heavy atom. The van der Waals surface area contributed by atoms with Crippen molar-refractivity contribution >= 4 is 10.9 Å². The van der Waals surface area contributed by atoms with Gasteiger partial charge in [-0.3, -0.25) is 0 Å². The van der Waals surface area contributed by atoms with Crippen molar-refractivity contribution < 1.29 is 9.47 Å². The summed E-state index contributed by atoms with van der Waals surface area (Å²) in [6.07, 6.45) is 4.74. The van der Waals surface area contributed by atoms with Crippen molar-refractivity contribution in [2.75, 3.05) is 33.9 Å². The number of aromatic nitrogens is 1. The first-order chi connectivity index (χ1) is 9.80. The SMILES string of the molecule is COc1ccc2[nH]cc(CCN3CC[C@H](OC)C3)c2c1. The molecule has 3 rings (SSSR count). The van der Waals surface area contributed by atoms with Crippen molar-refractivity contribution in [3.63, 3.8) is 0 Å². The molecular weight excluding hydrogens is 252 g/mol. The van der Waals surface area contributed by atoms with Gasteiger partial charge < -0.3 is 19.4 Å². The Labute approximate surface area is 119 Å². The fourth-order valence-electron chi connectivity index (χ4n) is 2.96. The lowest BCUT2D eigenvalue weighted by molar-refractivity contribution is 0.108. The van der Waals surface area contributed by atoms with E-state index in [9.17, 15) is 0 Å². The second kappa shape index (κ2) is 5.85. The highest BCUT2D eigenvalue weighted by Gasteiger charge is 2.21. The predicted molar refractivity (Wildman–Crippen MR) is 80.4 cm³/mol. The first-order valence-electron chi connectivity index (χ1n) is 7.19. The molecular formula is C16H22N2O2. The minimum Gasteiger partial charge on any atom is -0.497 e. The lowest BCUT2D eigenvalue weighted by atomic mass is 10.1. The predicted octanol–water partition coefficient (Wildman–Crippen LogP) is 2.44. The Hall–Kier alpha value is -1.52. The molecule has 1 N–H and O–H groups in total. The average molecular weight is 274 g/mol. The fourth-order valence-corrected chi connectivity index (χ4v) is 2.96. The Bertz CT molecular complexity index is 579. The summed E-state index contributed by atoms with van der Waals surface area (Å²) < 4.78 is 10.7. The summed E-state index contributed by atoms with van der Waals surface area (Å²) in [5.41, 5.74) is 2.54. The van der Waals surface area contributed by atoms with Gasteiger partial charge in [0.2, 0.25) is 0 Å². The van der Waals surface area contributed by atoms with Crippen molar-refractivity contribution in [2.24, 2.45) is 0 Å². The van der Waals surface area contributed by atoms with E-state index in [0.29, 0.717) is 6.10 Å². The smallest absolute Gasteiger partial charge is 0.119 e. The van der Waals surface area contributed by atoms with Crippen LogP contribution in [0.25, 0.3) is 10.9 Å². The van der Waals surface area contributed by atoms with Crippen LogP contribution in [0.15, 0.2) is 24.4 Å². The standard InChI is InChI=1S/C16H22N2O2/c1-19-13-3-4-16-15(9-13)12(10-17-16)5-7-18-8-6-14(11-18)20-2/h3-4,9-10,14,17H,5-8,11H2,1-2H3/t14-/m0/s1. The van der Waals surface area contributed by atoms with E-state index in [0.717, 1.165) is 38.2 Å². The molecule has 2 heterocycles. The summed E-state index contributed by atoms with van der Waals surface area (Å²) in [6.45, 7) is 3.29. The van der Waals surface area contributed by atoms with Crippen LogP contribution in [0.5, 0.6) is 5.75 Å².